The predicted octanol–water partition coefficient (Wildman–Crippen LogP) is 7.57. The van der Waals surface area contributed by atoms with Gasteiger partial charge in [-0.25, -0.2) is 0 Å². The molecule has 0 heterocycles. The first kappa shape index (κ1) is 17.8. The third-order valence-electron chi connectivity index (χ3n) is 5.75. The van der Waals surface area contributed by atoms with Crippen LogP contribution in [0.4, 0.5) is 0 Å². The van der Waals surface area contributed by atoms with Gasteiger partial charge < -0.3 is 0 Å². The Hall–Kier alpha value is -2.60. The molecule has 0 aromatic heterocycles. The molecule has 0 N–H and O–H groups in total. The highest BCUT2D eigenvalue weighted by Crippen LogP contribution is 2.45. The van der Waals surface area contributed by atoms with Gasteiger partial charge in [-0.05, 0) is 57.2 Å². The van der Waals surface area contributed by atoms with Crippen molar-refractivity contribution in [2.45, 2.75) is 40.5 Å². The van der Waals surface area contributed by atoms with Crippen LogP contribution in [0, 0.1) is 5.41 Å². The van der Waals surface area contributed by atoms with Crippen LogP contribution in [0.3, 0.4) is 0 Å². The van der Waals surface area contributed by atoms with E-state index in [9.17, 15) is 0 Å². The topological polar surface area (TPSA) is 0 Å². The van der Waals surface area contributed by atoms with E-state index in [4.69, 9.17) is 0 Å². The van der Waals surface area contributed by atoms with Crippen molar-refractivity contribution in [2.24, 2.45) is 5.41 Å². The first-order valence-electron chi connectivity index (χ1n) is 9.99. The van der Waals surface area contributed by atoms with Crippen LogP contribution in [0.15, 0.2) is 72.3 Å². The van der Waals surface area contributed by atoms with Crippen molar-refractivity contribution in [3.05, 3.63) is 89.0 Å². The molecule has 136 valence electrons. The van der Waals surface area contributed by atoms with Gasteiger partial charge in [-0.3, -0.25) is 0 Å². The second-order valence-electron chi connectivity index (χ2n) is 8.53. The Kier molecular flexibility index (Phi) is 4.52. The smallest absolute Gasteiger partial charge is 0.00272 e. The minimum atomic E-state index is 0.202. The van der Waals surface area contributed by atoms with Crippen molar-refractivity contribution in [2.75, 3.05) is 0 Å². The Morgan fingerprint density at radius 1 is 0.778 bits per heavy atom. The molecule has 0 aliphatic heterocycles. The largest absolute Gasteiger partial charge is 0.0622 e. The summed E-state index contributed by atoms with van der Waals surface area (Å²) in [6.07, 6.45) is 4.57. The molecular formula is C27H28. The minimum Gasteiger partial charge on any atom is -0.0622 e. The summed E-state index contributed by atoms with van der Waals surface area (Å²) in [5.41, 5.74) is 11.4. The molecule has 0 saturated carbocycles. The van der Waals surface area contributed by atoms with E-state index in [1.807, 2.05) is 0 Å². The molecule has 0 amide bonds. The van der Waals surface area contributed by atoms with Crippen LogP contribution >= 0.6 is 0 Å². The van der Waals surface area contributed by atoms with Gasteiger partial charge in [-0.15, -0.1) is 0 Å². The number of aryl methyl sites for hydroxylation is 1. The summed E-state index contributed by atoms with van der Waals surface area (Å²) in [7, 11) is 0. The standard InChI is InChI=1S/C27H28/c1-5-19-11-9-10-14-23(19)26-24(20-12-7-6-8-13-20)16-15-21-17-22(18-25(21)26)27(2,3)4/h6-16,18H,5,17H2,1-4H3. The van der Waals surface area contributed by atoms with Crippen LogP contribution in [0.25, 0.3) is 28.3 Å². The van der Waals surface area contributed by atoms with Crippen LogP contribution in [-0.2, 0) is 12.8 Å². The van der Waals surface area contributed by atoms with Crippen LogP contribution in [0.1, 0.15) is 44.4 Å². The molecule has 0 spiro atoms. The van der Waals surface area contributed by atoms with Gasteiger partial charge in [-0.2, -0.15) is 0 Å². The van der Waals surface area contributed by atoms with E-state index in [-0.39, 0.29) is 5.41 Å². The van der Waals surface area contributed by atoms with Crippen LogP contribution < -0.4 is 0 Å². The Morgan fingerprint density at radius 3 is 2.19 bits per heavy atom. The highest BCUT2D eigenvalue weighted by Gasteiger charge is 2.26. The fourth-order valence-electron chi connectivity index (χ4n) is 4.11. The average Bonchev–Trinajstić information content (AvgIpc) is 3.13. The van der Waals surface area contributed by atoms with E-state index in [1.165, 1.54) is 44.5 Å². The maximum Gasteiger partial charge on any atom is -0.00272 e. The molecule has 4 rings (SSSR count). The highest BCUT2D eigenvalue weighted by atomic mass is 14.3. The molecular weight excluding hydrogens is 324 g/mol. The molecule has 0 unspecified atom stereocenters. The lowest BCUT2D eigenvalue weighted by molar-refractivity contribution is 0.498. The highest BCUT2D eigenvalue weighted by molar-refractivity contribution is 5.93. The fourth-order valence-corrected chi connectivity index (χ4v) is 4.11. The van der Waals surface area contributed by atoms with Gasteiger partial charge in [0.05, 0.1) is 0 Å². The van der Waals surface area contributed by atoms with E-state index >= 15 is 0 Å². The molecule has 0 heteroatoms. The summed E-state index contributed by atoms with van der Waals surface area (Å²) < 4.78 is 0. The molecule has 3 aromatic carbocycles. The van der Waals surface area contributed by atoms with Crippen molar-refractivity contribution in [1.82, 2.24) is 0 Å². The molecule has 27 heavy (non-hydrogen) atoms. The van der Waals surface area contributed by atoms with Crippen molar-refractivity contribution >= 4 is 6.08 Å². The minimum absolute atomic E-state index is 0.202. The summed E-state index contributed by atoms with van der Waals surface area (Å²) in [6.45, 7) is 9.22. The lowest BCUT2D eigenvalue weighted by Crippen LogP contribution is -2.08. The molecule has 0 saturated heterocycles. The van der Waals surface area contributed by atoms with E-state index in [2.05, 4.69) is 101 Å². The number of hydrogen-bond acceptors (Lipinski definition) is 0. The second kappa shape index (κ2) is 6.85. The molecule has 0 radical (unpaired) electrons. The molecule has 1 aliphatic carbocycles. The second-order valence-corrected chi connectivity index (χ2v) is 8.53. The Labute approximate surface area is 163 Å². The summed E-state index contributed by atoms with van der Waals surface area (Å²) in [5, 5.41) is 0. The number of benzene rings is 3. The van der Waals surface area contributed by atoms with Gasteiger partial charge in [0.25, 0.3) is 0 Å². The monoisotopic (exact) mass is 352 g/mol. The van der Waals surface area contributed by atoms with Gasteiger partial charge in [-0.1, -0.05) is 106 Å². The Morgan fingerprint density at radius 2 is 1.48 bits per heavy atom. The molecule has 0 nitrogen and oxygen atoms in total. The predicted molar refractivity (Wildman–Crippen MR) is 118 cm³/mol. The fraction of sp³-hybridized carbons (Fsp3) is 0.259. The van der Waals surface area contributed by atoms with E-state index in [0.29, 0.717) is 0 Å². The third kappa shape index (κ3) is 3.25. The van der Waals surface area contributed by atoms with Crippen LogP contribution in [0.5, 0.6) is 0 Å². The van der Waals surface area contributed by atoms with Crippen molar-refractivity contribution < 1.29 is 0 Å². The lowest BCUT2D eigenvalue weighted by Gasteiger charge is -2.19. The zero-order valence-electron chi connectivity index (χ0n) is 16.8. The number of allylic oxidation sites excluding steroid dienone is 1. The van der Waals surface area contributed by atoms with E-state index < -0.39 is 0 Å². The average molecular weight is 353 g/mol. The first-order valence-corrected chi connectivity index (χ1v) is 9.99. The molecule has 0 bridgehead atoms. The van der Waals surface area contributed by atoms with Crippen LogP contribution in [-0.4, -0.2) is 0 Å². The number of rotatable bonds is 3. The quantitative estimate of drug-likeness (QED) is 0.456. The Bertz CT molecular complexity index is 998. The maximum atomic E-state index is 2.46. The lowest BCUT2D eigenvalue weighted by atomic mass is 9.85. The first-order chi connectivity index (χ1) is 13.0. The Balaban J connectivity index is 2.03. The van der Waals surface area contributed by atoms with Gasteiger partial charge in [0, 0.05) is 0 Å². The summed E-state index contributed by atoms with van der Waals surface area (Å²) in [6, 6.07) is 24.4. The van der Waals surface area contributed by atoms with Crippen molar-refractivity contribution in [3.63, 3.8) is 0 Å². The SMILES string of the molecule is CCc1ccccc1-c1c(-c2ccccc2)ccc2c1C=C(C(C)(C)C)C2. The van der Waals surface area contributed by atoms with Crippen molar-refractivity contribution in [1.29, 1.82) is 0 Å². The summed E-state index contributed by atoms with van der Waals surface area (Å²) in [4.78, 5) is 0. The van der Waals surface area contributed by atoms with E-state index in [1.54, 1.807) is 0 Å². The van der Waals surface area contributed by atoms with Gasteiger partial charge in [0.2, 0.25) is 0 Å². The van der Waals surface area contributed by atoms with Gasteiger partial charge >= 0.3 is 0 Å². The van der Waals surface area contributed by atoms with Gasteiger partial charge in [0.15, 0.2) is 0 Å². The third-order valence-corrected chi connectivity index (χ3v) is 5.75. The van der Waals surface area contributed by atoms with Crippen LogP contribution in [0.2, 0.25) is 0 Å². The zero-order chi connectivity index (χ0) is 19.0. The molecule has 1 aliphatic rings. The maximum absolute atomic E-state index is 2.46. The summed E-state index contributed by atoms with van der Waals surface area (Å²) >= 11 is 0. The normalized spacial score (nSPS) is 13.4. The number of fused-ring (bicyclic) bond motifs is 1. The molecule has 0 atom stereocenters. The van der Waals surface area contributed by atoms with Gasteiger partial charge in [0.1, 0.15) is 0 Å². The zero-order valence-corrected chi connectivity index (χ0v) is 16.8. The molecule has 3 aromatic rings. The molecule has 0 fully saturated rings. The van der Waals surface area contributed by atoms with E-state index in [0.717, 1.165) is 12.8 Å². The van der Waals surface area contributed by atoms with Crippen molar-refractivity contribution in [3.8, 4) is 22.3 Å². The summed E-state index contributed by atoms with van der Waals surface area (Å²) in [5.74, 6) is 0. The number of hydrogen-bond donors (Lipinski definition) is 0.